The number of carbonyl (C=O) groups is 2. The molecule has 2 aromatic carbocycles. The van der Waals surface area contributed by atoms with Crippen molar-refractivity contribution in [3.8, 4) is 0 Å². The summed E-state index contributed by atoms with van der Waals surface area (Å²) in [6, 6.07) is 19.9. The van der Waals surface area contributed by atoms with Crippen molar-refractivity contribution in [1.82, 2.24) is 14.4 Å². The molecule has 4 aromatic rings. The molecule has 0 unspecified atom stereocenters. The molecule has 3 amide bonds. The van der Waals surface area contributed by atoms with E-state index in [9.17, 15) is 9.59 Å². The van der Waals surface area contributed by atoms with Crippen LogP contribution in [0.1, 0.15) is 34.1 Å². The molecule has 2 aromatic heterocycles. The van der Waals surface area contributed by atoms with E-state index in [-0.39, 0.29) is 18.0 Å². The summed E-state index contributed by atoms with van der Waals surface area (Å²) in [6.45, 7) is 8.25. The number of nitrogens with zero attached hydrogens (tertiary/aromatic N) is 3. The van der Waals surface area contributed by atoms with Crippen LogP contribution < -0.4 is 5.32 Å². The quantitative estimate of drug-likeness (QED) is 0.400. The van der Waals surface area contributed by atoms with Crippen molar-refractivity contribution < 1.29 is 9.59 Å². The lowest BCUT2D eigenvalue weighted by molar-refractivity contribution is 0.0583. The van der Waals surface area contributed by atoms with Crippen LogP contribution in [0.4, 0.5) is 10.5 Å². The molecule has 0 bridgehead atoms. The van der Waals surface area contributed by atoms with Crippen LogP contribution in [0.15, 0.2) is 66.0 Å². The first-order chi connectivity index (χ1) is 16.9. The predicted molar refractivity (Wildman–Crippen MR) is 142 cm³/mol. The van der Waals surface area contributed by atoms with Crippen LogP contribution in [0.3, 0.4) is 0 Å². The number of aryl methyl sites for hydroxylation is 2. The van der Waals surface area contributed by atoms with E-state index < -0.39 is 0 Å². The molecule has 6 nitrogen and oxygen atoms in total. The SMILES string of the molecule is Cc1ccccc1Cn1c(C(=O)N2CCN(C(=O)Nc3ccccc3C)[C@@H](C)C2)cc2ccsc21. The number of amides is 3. The van der Waals surface area contributed by atoms with E-state index in [1.807, 2.05) is 66.1 Å². The number of fused-ring (bicyclic) bond motifs is 1. The van der Waals surface area contributed by atoms with Gasteiger partial charge in [0.25, 0.3) is 5.91 Å². The lowest BCUT2D eigenvalue weighted by Crippen LogP contribution is -2.56. The highest BCUT2D eigenvalue weighted by atomic mass is 32.1. The Bertz CT molecular complexity index is 1390. The number of aromatic nitrogens is 1. The number of anilines is 1. The first-order valence-corrected chi connectivity index (χ1v) is 12.8. The number of nitrogens with one attached hydrogen (secondary N) is 1. The van der Waals surface area contributed by atoms with Crippen molar-refractivity contribution in [3.05, 3.63) is 88.4 Å². The highest BCUT2D eigenvalue weighted by molar-refractivity contribution is 7.16. The molecule has 5 rings (SSSR count). The predicted octanol–water partition coefficient (Wildman–Crippen LogP) is 5.75. The number of thiophene rings is 1. The van der Waals surface area contributed by atoms with Crippen LogP contribution in [0, 0.1) is 13.8 Å². The molecule has 1 fully saturated rings. The lowest BCUT2D eigenvalue weighted by atomic mass is 10.1. The van der Waals surface area contributed by atoms with Gasteiger partial charge in [0.15, 0.2) is 0 Å². The van der Waals surface area contributed by atoms with Crippen LogP contribution in [0.25, 0.3) is 10.2 Å². The Hall–Kier alpha value is -3.58. The molecule has 0 radical (unpaired) electrons. The molecular weight excluding hydrogens is 456 g/mol. The molecule has 1 aliphatic rings. The maximum Gasteiger partial charge on any atom is 0.322 e. The number of hydrogen-bond acceptors (Lipinski definition) is 3. The number of carbonyl (C=O) groups excluding carboxylic acids is 2. The third-order valence-electron chi connectivity index (χ3n) is 6.87. The first kappa shape index (κ1) is 23.2. The molecular formula is C28H30N4O2S. The van der Waals surface area contributed by atoms with Crippen LogP contribution in [-0.4, -0.2) is 52.0 Å². The average molecular weight is 487 g/mol. The highest BCUT2D eigenvalue weighted by Gasteiger charge is 2.32. The van der Waals surface area contributed by atoms with Gasteiger partial charge in [0.2, 0.25) is 0 Å². The molecule has 180 valence electrons. The molecule has 0 aliphatic carbocycles. The third kappa shape index (κ3) is 4.56. The van der Waals surface area contributed by atoms with Crippen LogP contribution >= 0.6 is 11.3 Å². The smallest absolute Gasteiger partial charge is 0.322 e. The van der Waals surface area contributed by atoms with Crippen LogP contribution in [-0.2, 0) is 6.54 Å². The summed E-state index contributed by atoms with van der Waals surface area (Å²) in [5, 5.41) is 6.19. The van der Waals surface area contributed by atoms with E-state index >= 15 is 0 Å². The summed E-state index contributed by atoms with van der Waals surface area (Å²) in [5.41, 5.74) is 4.97. The maximum atomic E-state index is 13.7. The monoisotopic (exact) mass is 486 g/mol. The Morgan fingerprint density at radius 1 is 1.00 bits per heavy atom. The summed E-state index contributed by atoms with van der Waals surface area (Å²) in [4.78, 5) is 31.5. The van der Waals surface area contributed by atoms with Crippen molar-refractivity contribution in [3.63, 3.8) is 0 Å². The second-order valence-corrected chi connectivity index (χ2v) is 10.2. The topological polar surface area (TPSA) is 57.6 Å². The van der Waals surface area contributed by atoms with Gasteiger partial charge in [-0.15, -0.1) is 11.3 Å². The second kappa shape index (κ2) is 9.58. The Labute approximate surface area is 209 Å². The zero-order chi connectivity index (χ0) is 24.5. The number of para-hydroxylation sites is 1. The standard InChI is InChI=1S/C28H30N4O2S/c1-19-8-4-6-10-23(19)18-32-25(16-22-12-15-35-27(22)32)26(33)30-13-14-31(21(3)17-30)28(34)29-24-11-7-5-9-20(24)2/h4-12,15-16,21H,13-14,17-18H2,1-3H3,(H,29,34)/t21-/m0/s1. The fraction of sp³-hybridized carbons (Fsp3) is 0.286. The normalized spacial score (nSPS) is 16.0. The zero-order valence-electron chi connectivity index (χ0n) is 20.3. The van der Waals surface area contributed by atoms with Crippen molar-refractivity contribution in [2.24, 2.45) is 0 Å². The average Bonchev–Trinajstić information content (AvgIpc) is 3.44. The second-order valence-electron chi connectivity index (χ2n) is 9.26. The van der Waals surface area contributed by atoms with E-state index in [0.717, 1.165) is 21.5 Å². The fourth-order valence-electron chi connectivity index (χ4n) is 4.77. The molecule has 1 N–H and O–H groups in total. The van der Waals surface area contributed by atoms with Gasteiger partial charge in [0.1, 0.15) is 10.5 Å². The minimum absolute atomic E-state index is 0.0211. The molecule has 0 saturated carbocycles. The summed E-state index contributed by atoms with van der Waals surface area (Å²) in [5.74, 6) is 0.0211. The molecule has 7 heteroatoms. The molecule has 1 atom stereocenters. The minimum Gasteiger partial charge on any atom is -0.334 e. The number of piperazine rings is 1. The van der Waals surface area contributed by atoms with Crippen molar-refractivity contribution in [2.45, 2.75) is 33.4 Å². The van der Waals surface area contributed by atoms with Gasteiger partial charge in [-0.2, -0.15) is 0 Å². The number of rotatable bonds is 4. The van der Waals surface area contributed by atoms with Crippen LogP contribution in [0.5, 0.6) is 0 Å². The largest absolute Gasteiger partial charge is 0.334 e. The highest BCUT2D eigenvalue weighted by Crippen LogP contribution is 2.28. The first-order valence-electron chi connectivity index (χ1n) is 12.0. The van der Waals surface area contributed by atoms with Gasteiger partial charge in [-0.05, 0) is 61.0 Å². The van der Waals surface area contributed by atoms with Crippen molar-refractivity contribution in [1.29, 1.82) is 0 Å². The van der Waals surface area contributed by atoms with Gasteiger partial charge in [-0.1, -0.05) is 42.5 Å². The zero-order valence-corrected chi connectivity index (χ0v) is 21.1. The summed E-state index contributed by atoms with van der Waals surface area (Å²) in [6.07, 6.45) is 0. The molecule has 1 saturated heterocycles. The minimum atomic E-state index is -0.123. The maximum absolute atomic E-state index is 13.7. The summed E-state index contributed by atoms with van der Waals surface area (Å²) in [7, 11) is 0. The van der Waals surface area contributed by atoms with Gasteiger partial charge in [-0.25, -0.2) is 4.79 Å². The molecule has 35 heavy (non-hydrogen) atoms. The number of urea groups is 1. The number of benzene rings is 2. The summed E-state index contributed by atoms with van der Waals surface area (Å²) >= 11 is 1.66. The Balaban J connectivity index is 1.33. The van der Waals surface area contributed by atoms with Crippen LogP contribution in [0.2, 0.25) is 0 Å². The molecule has 0 spiro atoms. The molecule has 1 aliphatic heterocycles. The van der Waals surface area contributed by atoms with E-state index in [1.54, 1.807) is 11.3 Å². The Morgan fingerprint density at radius 3 is 2.49 bits per heavy atom. The van der Waals surface area contributed by atoms with E-state index in [0.29, 0.717) is 31.9 Å². The molecule has 3 heterocycles. The van der Waals surface area contributed by atoms with Crippen molar-refractivity contribution >= 4 is 39.2 Å². The van der Waals surface area contributed by atoms with Crippen molar-refractivity contribution in [2.75, 3.05) is 25.0 Å². The fourth-order valence-corrected chi connectivity index (χ4v) is 5.67. The van der Waals surface area contributed by atoms with Gasteiger partial charge >= 0.3 is 6.03 Å². The van der Waals surface area contributed by atoms with Gasteiger partial charge < -0.3 is 19.7 Å². The van der Waals surface area contributed by atoms with E-state index in [1.165, 1.54) is 11.1 Å². The van der Waals surface area contributed by atoms with Gasteiger partial charge in [0, 0.05) is 43.3 Å². The Morgan fingerprint density at radius 2 is 1.74 bits per heavy atom. The Kier molecular flexibility index (Phi) is 6.34. The lowest BCUT2D eigenvalue weighted by Gasteiger charge is -2.39. The van der Waals surface area contributed by atoms with Gasteiger partial charge in [0.05, 0.1) is 0 Å². The third-order valence-corrected chi connectivity index (χ3v) is 7.82. The summed E-state index contributed by atoms with van der Waals surface area (Å²) < 4.78 is 2.15. The number of hydrogen-bond donors (Lipinski definition) is 1. The van der Waals surface area contributed by atoms with Gasteiger partial charge in [-0.3, -0.25) is 4.79 Å². The van der Waals surface area contributed by atoms with E-state index in [2.05, 4.69) is 40.4 Å². The van der Waals surface area contributed by atoms with E-state index in [4.69, 9.17) is 0 Å².